The number of nitrogens with zero attached hydrogens (tertiary/aromatic N) is 4. The number of hydrogen-bond acceptors (Lipinski definition) is 5. The van der Waals surface area contributed by atoms with Crippen LogP contribution in [0.15, 0.2) is 29.3 Å². The number of halogens is 3. The van der Waals surface area contributed by atoms with Gasteiger partial charge in [0.2, 0.25) is 5.76 Å². The minimum absolute atomic E-state index is 0.303. The van der Waals surface area contributed by atoms with E-state index >= 15 is 0 Å². The summed E-state index contributed by atoms with van der Waals surface area (Å²) in [4.78, 5) is 23.3. The van der Waals surface area contributed by atoms with Gasteiger partial charge in [-0.2, -0.15) is 13.2 Å². The zero-order chi connectivity index (χ0) is 17.3. The molecule has 9 heteroatoms. The number of anilines is 1. The summed E-state index contributed by atoms with van der Waals surface area (Å²) in [6.45, 7) is 3.59. The number of amides is 1. The van der Waals surface area contributed by atoms with Crippen molar-refractivity contribution < 1.29 is 22.4 Å². The molecule has 1 saturated heterocycles. The number of aromatic nitrogens is 2. The van der Waals surface area contributed by atoms with Crippen LogP contribution < -0.4 is 4.90 Å². The van der Waals surface area contributed by atoms with Gasteiger partial charge in [-0.15, -0.1) is 0 Å². The second-order valence-electron chi connectivity index (χ2n) is 5.47. The van der Waals surface area contributed by atoms with Gasteiger partial charge in [0.15, 0.2) is 12.1 Å². The fourth-order valence-electron chi connectivity index (χ4n) is 2.69. The van der Waals surface area contributed by atoms with Crippen molar-refractivity contribution in [3.8, 4) is 0 Å². The standard InChI is InChI=1S/C15H15F3N4O2/c1-10-2-3-19-8-11(10)21-4-6-22(7-5-21)14(23)12-13(15(16,17)18)24-9-20-12/h2-3,8-9H,4-7H2,1H3. The molecule has 0 radical (unpaired) electrons. The van der Waals surface area contributed by atoms with E-state index in [9.17, 15) is 18.0 Å². The van der Waals surface area contributed by atoms with Gasteiger partial charge in [0.25, 0.3) is 5.91 Å². The second-order valence-corrected chi connectivity index (χ2v) is 5.47. The first kappa shape index (κ1) is 16.3. The molecule has 0 unspecified atom stereocenters. The summed E-state index contributed by atoms with van der Waals surface area (Å²) >= 11 is 0. The van der Waals surface area contributed by atoms with Crippen molar-refractivity contribution in [1.29, 1.82) is 0 Å². The number of alkyl halides is 3. The molecule has 0 aliphatic carbocycles. The molecule has 1 aliphatic heterocycles. The summed E-state index contributed by atoms with van der Waals surface area (Å²) in [5.41, 5.74) is 1.33. The predicted octanol–water partition coefficient (Wildman–Crippen LogP) is 2.36. The Kier molecular flexibility index (Phi) is 4.16. The molecule has 0 atom stereocenters. The summed E-state index contributed by atoms with van der Waals surface area (Å²) in [6.07, 6.45) is -0.657. The van der Waals surface area contributed by atoms with Gasteiger partial charge < -0.3 is 14.2 Å². The van der Waals surface area contributed by atoms with E-state index in [2.05, 4.69) is 19.3 Å². The van der Waals surface area contributed by atoms with Gasteiger partial charge in [-0.3, -0.25) is 9.78 Å². The molecule has 3 heterocycles. The van der Waals surface area contributed by atoms with Gasteiger partial charge >= 0.3 is 6.18 Å². The Labute approximate surface area is 135 Å². The summed E-state index contributed by atoms with van der Waals surface area (Å²) in [5.74, 6) is -2.11. The zero-order valence-corrected chi connectivity index (χ0v) is 12.9. The number of piperazine rings is 1. The van der Waals surface area contributed by atoms with Crippen molar-refractivity contribution in [2.75, 3.05) is 31.1 Å². The molecule has 0 N–H and O–H groups in total. The molecule has 0 bridgehead atoms. The summed E-state index contributed by atoms with van der Waals surface area (Å²) < 4.78 is 42.8. The van der Waals surface area contributed by atoms with Crippen molar-refractivity contribution in [2.24, 2.45) is 0 Å². The lowest BCUT2D eigenvalue weighted by atomic mass is 10.2. The smallest absolute Gasteiger partial charge is 0.438 e. The van der Waals surface area contributed by atoms with E-state index in [-0.39, 0.29) is 0 Å². The van der Waals surface area contributed by atoms with Crippen LogP contribution in [0.4, 0.5) is 18.9 Å². The highest BCUT2D eigenvalue weighted by Gasteiger charge is 2.41. The Bertz CT molecular complexity index is 736. The third-order valence-electron chi connectivity index (χ3n) is 3.95. The largest absolute Gasteiger partial charge is 0.452 e. The van der Waals surface area contributed by atoms with Gasteiger partial charge in [-0.1, -0.05) is 0 Å². The fourth-order valence-corrected chi connectivity index (χ4v) is 2.69. The van der Waals surface area contributed by atoms with Crippen LogP contribution in [-0.4, -0.2) is 47.0 Å². The third-order valence-corrected chi connectivity index (χ3v) is 3.95. The molecular formula is C15H15F3N4O2. The fraction of sp³-hybridized carbons (Fsp3) is 0.400. The van der Waals surface area contributed by atoms with Crippen molar-refractivity contribution in [2.45, 2.75) is 13.1 Å². The first-order valence-electron chi connectivity index (χ1n) is 7.33. The number of carbonyl (C=O) groups excluding carboxylic acids is 1. The van der Waals surface area contributed by atoms with Crippen LogP contribution >= 0.6 is 0 Å². The van der Waals surface area contributed by atoms with Crippen molar-refractivity contribution in [1.82, 2.24) is 14.9 Å². The molecule has 0 saturated carbocycles. The van der Waals surface area contributed by atoms with Crippen LogP contribution in [0.3, 0.4) is 0 Å². The Morgan fingerprint density at radius 2 is 1.96 bits per heavy atom. The van der Waals surface area contributed by atoms with Crippen molar-refractivity contribution >= 4 is 11.6 Å². The number of pyridine rings is 1. The van der Waals surface area contributed by atoms with E-state index in [1.807, 2.05) is 13.0 Å². The average molecular weight is 340 g/mol. The highest BCUT2D eigenvalue weighted by molar-refractivity contribution is 5.93. The molecule has 3 rings (SSSR count). The van der Waals surface area contributed by atoms with Crippen molar-refractivity contribution in [3.63, 3.8) is 0 Å². The van der Waals surface area contributed by atoms with E-state index in [0.29, 0.717) is 32.6 Å². The van der Waals surface area contributed by atoms with Crippen LogP contribution in [0.1, 0.15) is 21.8 Å². The predicted molar refractivity (Wildman–Crippen MR) is 78.6 cm³/mol. The van der Waals surface area contributed by atoms with Crippen molar-refractivity contribution in [3.05, 3.63) is 41.9 Å². The number of rotatable bonds is 2. The molecule has 1 fully saturated rings. The Morgan fingerprint density at radius 1 is 1.25 bits per heavy atom. The van der Waals surface area contributed by atoms with Gasteiger partial charge in [-0.25, -0.2) is 4.98 Å². The molecule has 0 spiro atoms. The molecule has 128 valence electrons. The number of hydrogen-bond donors (Lipinski definition) is 0. The van der Waals surface area contributed by atoms with Crippen LogP contribution in [0.2, 0.25) is 0 Å². The third kappa shape index (κ3) is 3.06. The highest BCUT2D eigenvalue weighted by Crippen LogP contribution is 2.32. The van der Waals surface area contributed by atoms with E-state index < -0.39 is 23.5 Å². The molecule has 6 nitrogen and oxygen atoms in total. The minimum atomic E-state index is -4.74. The lowest BCUT2D eigenvalue weighted by Crippen LogP contribution is -2.49. The van der Waals surface area contributed by atoms with Crippen LogP contribution in [0.5, 0.6) is 0 Å². The zero-order valence-electron chi connectivity index (χ0n) is 12.9. The molecule has 2 aromatic rings. The molecule has 24 heavy (non-hydrogen) atoms. The maximum absolute atomic E-state index is 12.8. The van der Waals surface area contributed by atoms with Crippen LogP contribution in [-0.2, 0) is 6.18 Å². The maximum atomic E-state index is 12.8. The lowest BCUT2D eigenvalue weighted by Gasteiger charge is -2.36. The van der Waals surface area contributed by atoms with Gasteiger partial charge in [0, 0.05) is 32.4 Å². The summed E-state index contributed by atoms with van der Waals surface area (Å²) in [6, 6.07) is 1.89. The van der Waals surface area contributed by atoms with Gasteiger partial charge in [-0.05, 0) is 18.6 Å². The quantitative estimate of drug-likeness (QED) is 0.840. The first-order chi connectivity index (χ1) is 11.4. The number of aryl methyl sites for hydroxylation is 1. The second kappa shape index (κ2) is 6.14. The first-order valence-corrected chi connectivity index (χ1v) is 7.33. The Hall–Kier alpha value is -2.58. The van der Waals surface area contributed by atoms with E-state index in [0.717, 1.165) is 11.3 Å². The minimum Gasteiger partial charge on any atom is -0.438 e. The maximum Gasteiger partial charge on any atom is 0.452 e. The number of carbonyl (C=O) groups is 1. The Morgan fingerprint density at radius 3 is 2.58 bits per heavy atom. The van der Waals surface area contributed by atoms with Gasteiger partial charge in [0.1, 0.15) is 0 Å². The molecule has 2 aromatic heterocycles. The van der Waals surface area contributed by atoms with Crippen LogP contribution in [0, 0.1) is 6.92 Å². The van der Waals surface area contributed by atoms with Crippen LogP contribution in [0.25, 0.3) is 0 Å². The normalized spacial score (nSPS) is 15.7. The molecule has 1 amide bonds. The van der Waals surface area contributed by atoms with E-state index in [1.54, 1.807) is 12.4 Å². The SMILES string of the molecule is Cc1ccncc1N1CCN(C(=O)c2ncoc2C(F)(F)F)CC1. The topological polar surface area (TPSA) is 62.5 Å². The molecule has 1 aliphatic rings. The summed E-state index contributed by atoms with van der Waals surface area (Å²) in [5, 5.41) is 0. The number of oxazole rings is 1. The molecular weight excluding hydrogens is 325 g/mol. The van der Waals surface area contributed by atoms with E-state index in [1.165, 1.54) is 4.90 Å². The molecule has 0 aromatic carbocycles. The lowest BCUT2D eigenvalue weighted by molar-refractivity contribution is -0.153. The summed E-state index contributed by atoms with van der Waals surface area (Å²) in [7, 11) is 0. The average Bonchev–Trinajstić information content (AvgIpc) is 3.05. The highest BCUT2D eigenvalue weighted by atomic mass is 19.4. The Balaban J connectivity index is 1.70. The van der Waals surface area contributed by atoms with Gasteiger partial charge in [0.05, 0.1) is 11.9 Å². The monoisotopic (exact) mass is 340 g/mol. The van der Waals surface area contributed by atoms with E-state index in [4.69, 9.17) is 0 Å².